The van der Waals surface area contributed by atoms with E-state index in [4.69, 9.17) is 4.42 Å². The van der Waals surface area contributed by atoms with E-state index in [1.54, 1.807) is 0 Å². The Morgan fingerprint density at radius 3 is 2.28 bits per heavy atom. The van der Waals surface area contributed by atoms with Gasteiger partial charge in [-0.3, -0.25) is 0 Å². The van der Waals surface area contributed by atoms with Crippen LogP contribution in [-0.4, -0.2) is 19.0 Å². The maximum atomic E-state index is 6.13. The molecule has 0 N–H and O–H groups in total. The van der Waals surface area contributed by atoms with Crippen LogP contribution in [0.5, 0.6) is 0 Å². The number of nitrogens with zero attached hydrogens (tertiary/aromatic N) is 4. The second kappa shape index (κ2) is 10.1. The molecular weight excluding hydrogens is 625 g/mol. The van der Waals surface area contributed by atoms with Gasteiger partial charge in [0.15, 0.2) is 0 Å². The van der Waals surface area contributed by atoms with E-state index in [-0.39, 0.29) is 20.1 Å². The van der Waals surface area contributed by atoms with Crippen molar-refractivity contribution in [2.45, 2.75) is 0 Å². The predicted molar refractivity (Wildman–Crippen MR) is 143 cm³/mol. The van der Waals surface area contributed by atoms with Crippen molar-refractivity contribution in [3.63, 3.8) is 0 Å². The Labute approximate surface area is 225 Å². The van der Waals surface area contributed by atoms with E-state index in [0.29, 0.717) is 0 Å². The molecule has 1 radical (unpaired) electrons. The number of benzene rings is 4. The number of para-hydroxylation sites is 4. The molecule has 0 unspecified atom stereocenters. The van der Waals surface area contributed by atoms with Crippen molar-refractivity contribution < 1.29 is 24.5 Å². The largest absolute Gasteiger partial charge is 0.514 e. The molecular formula is C30H24IrN4O-4. The summed E-state index contributed by atoms with van der Waals surface area (Å²) < 4.78 is 6.13. The quantitative estimate of drug-likeness (QED) is 0.194. The van der Waals surface area contributed by atoms with Crippen molar-refractivity contribution in [1.29, 1.82) is 0 Å². The molecule has 5 nitrogen and oxygen atoms in total. The zero-order valence-electron chi connectivity index (χ0n) is 19.9. The molecule has 7 rings (SSSR count). The molecule has 0 spiro atoms. The second-order valence-corrected chi connectivity index (χ2v) is 8.49. The van der Waals surface area contributed by atoms with Gasteiger partial charge in [-0.05, 0) is 44.7 Å². The maximum absolute atomic E-state index is 6.13. The van der Waals surface area contributed by atoms with Gasteiger partial charge in [0.25, 0.3) is 0 Å². The fourth-order valence-electron chi connectivity index (χ4n) is 4.43. The minimum atomic E-state index is 0. The minimum absolute atomic E-state index is 0. The van der Waals surface area contributed by atoms with Crippen LogP contribution in [0.3, 0.4) is 0 Å². The van der Waals surface area contributed by atoms with Crippen molar-refractivity contribution >= 4 is 44.7 Å². The van der Waals surface area contributed by atoms with Gasteiger partial charge in [0, 0.05) is 42.4 Å². The smallest absolute Gasteiger partial charge is 0.116 e. The Kier molecular flexibility index (Phi) is 6.73. The standard InChI is InChI=1S/C20H14N2O.C10H10N2.Ir/c1-21-13-22(17-10-4-3-9-16(17)21)18-11-6-8-15-14-7-2-5-12-19(14)23-20(15)18;1-11-7-8-12(9-11)10-5-3-2-4-6-10;/h2-10,12-13H,1H3;2-5,7-9H,1H3;/q2*-2;. The van der Waals surface area contributed by atoms with E-state index < -0.39 is 0 Å². The first-order valence-corrected chi connectivity index (χ1v) is 11.5. The fraction of sp³-hybridized carbons (Fsp3) is 0.0667. The number of hydrogen-bond donors (Lipinski definition) is 0. The molecule has 0 saturated heterocycles. The first-order chi connectivity index (χ1) is 17.2. The van der Waals surface area contributed by atoms with Gasteiger partial charge >= 0.3 is 0 Å². The molecule has 0 aliphatic carbocycles. The monoisotopic (exact) mass is 649 g/mol. The normalized spacial score (nSPS) is 14.2. The van der Waals surface area contributed by atoms with E-state index in [2.05, 4.69) is 72.0 Å². The van der Waals surface area contributed by atoms with Crippen LogP contribution in [0.15, 0.2) is 102 Å². The van der Waals surface area contributed by atoms with Crippen molar-refractivity contribution in [3.8, 4) is 0 Å². The van der Waals surface area contributed by atoms with Gasteiger partial charge in [-0.2, -0.15) is 61.9 Å². The Morgan fingerprint density at radius 1 is 0.722 bits per heavy atom. The van der Waals surface area contributed by atoms with Gasteiger partial charge in [0.2, 0.25) is 0 Å². The number of furan rings is 1. The van der Waals surface area contributed by atoms with Crippen LogP contribution in [0.4, 0.5) is 22.7 Å². The summed E-state index contributed by atoms with van der Waals surface area (Å²) in [6, 6.07) is 34.9. The van der Waals surface area contributed by atoms with Gasteiger partial charge in [-0.15, -0.1) is 5.69 Å². The number of anilines is 4. The molecule has 36 heavy (non-hydrogen) atoms. The summed E-state index contributed by atoms with van der Waals surface area (Å²) in [5, 5.41) is 2.26. The SMILES string of the molecule is CN1C=CN(c2[c-]cccc2)[CH-]1.CN1[CH-]N(c2[c-]ccc3c2oc2ccccc23)c2ccccc21.[Ir]. The third-order valence-electron chi connectivity index (χ3n) is 6.11. The Hall–Kier alpha value is -3.73. The molecule has 6 heteroatoms. The van der Waals surface area contributed by atoms with Crippen molar-refractivity contribution in [2.75, 3.05) is 28.8 Å². The summed E-state index contributed by atoms with van der Waals surface area (Å²) in [7, 11) is 4.05. The molecule has 0 saturated carbocycles. The average molecular weight is 649 g/mol. The molecule has 0 amide bonds. The first-order valence-electron chi connectivity index (χ1n) is 11.5. The summed E-state index contributed by atoms with van der Waals surface area (Å²) in [4.78, 5) is 8.28. The summed E-state index contributed by atoms with van der Waals surface area (Å²) in [5.74, 6) is 0. The van der Waals surface area contributed by atoms with Gasteiger partial charge in [0.05, 0.1) is 0 Å². The zero-order chi connectivity index (χ0) is 23.8. The zero-order valence-corrected chi connectivity index (χ0v) is 22.3. The van der Waals surface area contributed by atoms with Crippen LogP contribution < -0.4 is 14.7 Å². The van der Waals surface area contributed by atoms with E-state index in [9.17, 15) is 0 Å². The van der Waals surface area contributed by atoms with Crippen LogP contribution in [0.1, 0.15) is 0 Å². The third-order valence-corrected chi connectivity index (χ3v) is 6.11. The molecule has 4 aromatic carbocycles. The van der Waals surface area contributed by atoms with Crippen LogP contribution >= 0.6 is 0 Å². The van der Waals surface area contributed by atoms with E-state index in [1.807, 2.05) is 84.4 Å². The minimum Gasteiger partial charge on any atom is -0.514 e. The van der Waals surface area contributed by atoms with E-state index >= 15 is 0 Å². The fourth-order valence-corrected chi connectivity index (χ4v) is 4.43. The Bertz CT molecular complexity index is 1510. The van der Waals surface area contributed by atoms with Gasteiger partial charge < -0.3 is 24.0 Å². The summed E-state index contributed by atoms with van der Waals surface area (Å²) in [5.41, 5.74) is 6.10. The molecule has 0 fully saturated rings. The molecule has 0 bridgehead atoms. The van der Waals surface area contributed by atoms with E-state index in [0.717, 1.165) is 39.0 Å². The van der Waals surface area contributed by atoms with E-state index in [1.165, 1.54) is 5.69 Å². The Balaban J connectivity index is 0.000000175. The summed E-state index contributed by atoms with van der Waals surface area (Å²) in [6.07, 6.45) is 4.01. The summed E-state index contributed by atoms with van der Waals surface area (Å²) >= 11 is 0. The second-order valence-electron chi connectivity index (χ2n) is 8.49. The van der Waals surface area contributed by atoms with Crippen molar-refractivity contribution in [1.82, 2.24) is 4.90 Å². The molecule has 0 atom stereocenters. The maximum Gasteiger partial charge on any atom is 0.116 e. The molecule has 2 aliphatic rings. The third kappa shape index (κ3) is 4.34. The Morgan fingerprint density at radius 2 is 1.50 bits per heavy atom. The average Bonchev–Trinajstić information content (AvgIpc) is 3.60. The number of fused-ring (bicyclic) bond motifs is 4. The van der Waals surface area contributed by atoms with Crippen molar-refractivity contribution in [3.05, 3.63) is 123 Å². The van der Waals surface area contributed by atoms with Gasteiger partial charge in [0.1, 0.15) is 5.58 Å². The summed E-state index contributed by atoms with van der Waals surface area (Å²) in [6.45, 7) is 4.08. The van der Waals surface area contributed by atoms with Gasteiger partial charge in [-0.1, -0.05) is 41.4 Å². The molecule has 3 heterocycles. The molecule has 2 aliphatic heterocycles. The van der Waals surface area contributed by atoms with Crippen LogP contribution in [-0.2, 0) is 20.1 Å². The van der Waals surface area contributed by atoms with Gasteiger partial charge in [-0.25, -0.2) is 0 Å². The van der Waals surface area contributed by atoms with Crippen LogP contribution in [0, 0.1) is 25.5 Å². The first kappa shape index (κ1) is 24.0. The topological polar surface area (TPSA) is 26.1 Å². The van der Waals surface area contributed by atoms with Crippen LogP contribution in [0.2, 0.25) is 0 Å². The predicted octanol–water partition coefficient (Wildman–Crippen LogP) is 6.92. The molecule has 1 aromatic heterocycles. The van der Waals surface area contributed by atoms with Crippen LogP contribution in [0.25, 0.3) is 21.9 Å². The molecule has 183 valence electrons. The number of rotatable bonds is 2. The molecule has 5 aromatic rings. The number of hydrogen-bond acceptors (Lipinski definition) is 5. The van der Waals surface area contributed by atoms with Crippen molar-refractivity contribution in [2.24, 2.45) is 0 Å².